The number of benzene rings is 10. The molecule has 0 unspecified atom stereocenters. The molecule has 0 spiro atoms. The molecule has 11 rings (SSSR count). The highest BCUT2D eigenvalue weighted by molar-refractivity contribution is 6.28. The molecule has 1 heterocycles. The van der Waals surface area contributed by atoms with Crippen LogP contribution in [0, 0.1) is 0 Å². The van der Waals surface area contributed by atoms with Crippen LogP contribution in [0.3, 0.4) is 0 Å². The van der Waals surface area contributed by atoms with Crippen molar-refractivity contribution < 1.29 is 0 Å². The number of fused-ring (bicyclic) bond motifs is 1. The molecule has 0 aliphatic carbocycles. The number of nitrogens with zero attached hydrogens (tertiary/aromatic N) is 4. The Morgan fingerprint density at radius 3 is 1.33 bits per heavy atom. The van der Waals surface area contributed by atoms with Crippen LogP contribution in [0.15, 0.2) is 219 Å². The highest BCUT2D eigenvalue weighted by Gasteiger charge is 2.23. The quantitative estimate of drug-likeness (QED) is 0.145. The Balaban J connectivity index is 1.16. The van der Waals surface area contributed by atoms with Gasteiger partial charge in [-0.25, -0.2) is 4.98 Å². The van der Waals surface area contributed by atoms with Crippen LogP contribution >= 0.6 is 0 Å². The van der Waals surface area contributed by atoms with E-state index >= 15 is 0 Å². The van der Waals surface area contributed by atoms with Crippen LogP contribution in [0.2, 0.25) is 0 Å². The summed E-state index contributed by atoms with van der Waals surface area (Å²) in [6, 6.07) is 75.7. The monoisotopic (exact) mass is 740 g/mol. The summed E-state index contributed by atoms with van der Waals surface area (Å²) in [7, 11) is 0. The van der Waals surface area contributed by atoms with Crippen molar-refractivity contribution >= 4 is 77.6 Å². The third-order valence-electron chi connectivity index (χ3n) is 11.2. The maximum Gasteiger partial charge on any atom is 0.156 e. The zero-order valence-corrected chi connectivity index (χ0v) is 31.6. The molecule has 10 aromatic carbocycles. The first-order valence-electron chi connectivity index (χ1n) is 19.7. The maximum atomic E-state index is 5.16. The first-order valence-corrected chi connectivity index (χ1v) is 19.7. The van der Waals surface area contributed by atoms with Crippen LogP contribution in [0.5, 0.6) is 0 Å². The lowest BCUT2D eigenvalue weighted by Gasteiger charge is -2.29. The molecule has 4 nitrogen and oxygen atoms in total. The molecule has 0 amide bonds. The van der Waals surface area contributed by atoms with E-state index in [0.717, 1.165) is 61.8 Å². The Hall–Kier alpha value is -7.82. The van der Waals surface area contributed by atoms with E-state index < -0.39 is 0 Å². The van der Waals surface area contributed by atoms with Gasteiger partial charge in [0, 0.05) is 27.8 Å². The molecular formula is C54H36N4. The molecule has 0 saturated heterocycles. The van der Waals surface area contributed by atoms with Gasteiger partial charge in [0.15, 0.2) is 5.82 Å². The summed E-state index contributed by atoms with van der Waals surface area (Å²) in [5.41, 5.74) is 11.8. The molecular weight excluding hydrogens is 705 g/mol. The van der Waals surface area contributed by atoms with Crippen LogP contribution in [-0.4, -0.2) is 9.97 Å². The van der Waals surface area contributed by atoms with E-state index in [-0.39, 0.29) is 0 Å². The van der Waals surface area contributed by atoms with Crippen molar-refractivity contribution in [1.29, 1.82) is 0 Å². The summed E-state index contributed by atoms with van der Waals surface area (Å²) in [5, 5.41) is 7.17. The van der Waals surface area contributed by atoms with Crippen LogP contribution in [-0.2, 0) is 0 Å². The largest absolute Gasteiger partial charge is 0.310 e. The maximum absolute atomic E-state index is 5.16. The number of rotatable bonds is 8. The van der Waals surface area contributed by atoms with Gasteiger partial charge in [0.2, 0.25) is 0 Å². The van der Waals surface area contributed by atoms with Gasteiger partial charge in [0.25, 0.3) is 0 Å². The summed E-state index contributed by atoms with van der Waals surface area (Å²) in [4.78, 5) is 14.7. The molecule has 272 valence electrons. The van der Waals surface area contributed by atoms with Crippen molar-refractivity contribution in [2.45, 2.75) is 0 Å². The second kappa shape index (κ2) is 14.0. The molecule has 0 aliphatic heterocycles. The zero-order valence-electron chi connectivity index (χ0n) is 31.6. The first kappa shape index (κ1) is 33.5. The molecule has 1 aromatic heterocycles. The second-order valence-electron chi connectivity index (χ2n) is 14.7. The fraction of sp³-hybridized carbons (Fsp3) is 0. The lowest BCUT2D eigenvalue weighted by Crippen LogP contribution is -2.13. The van der Waals surface area contributed by atoms with Gasteiger partial charge in [0.1, 0.15) is 0 Å². The van der Waals surface area contributed by atoms with Crippen LogP contribution in [0.4, 0.5) is 34.3 Å². The summed E-state index contributed by atoms with van der Waals surface area (Å²) in [5.74, 6) is 0.767. The highest BCUT2D eigenvalue weighted by atomic mass is 15.2. The SMILES string of the molecule is c1ccc(-c2cc(-c3ccccc3)cc(N(c3ccccc3)c3ccc4ccc5c(N(c6ccccc6)c6cnc7ccccc7n6)ccc6ccc3c4c65)c2)cc1. The van der Waals surface area contributed by atoms with Gasteiger partial charge in [-0.3, -0.25) is 9.88 Å². The molecule has 0 radical (unpaired) electrons. The molecule has 11 aromatic rings. The predicted molar refractivity (Wildman–Crippen MR) is 243 cm³/mol. The third kappa shape index (κ3) is 5.78. The molecule has 58 heavy (non-hydrogen) atoms. The number of para-hydroxylation sites is 4. The molecule has 4 heteroatoms. The summed E-state index contributed by atoms with van der Waals surface area (Å²) >= 11 is 0. The van der Waals surface area contributed by atoms with E-state index in [2.05, 4.69) is 198 Å². The molecule has 0 bridgehead atoms. The van der Waals surface area contributed by atoms with Crippen molar-refractivity contribution in [3.8, 4) is 22.3 Å². The lowest BCUT2D eigenvalue weighted by molar-refractivity contribution is 1.18. The Bertz CT molecular complexity index is 3160. The minimum Gasteiger partial charge on any atom is -0.310 e. The van der Waals surface area contributed by atoms with Gasteiger partial charge in [-0.1, -0.05) is 146 Å². The van der Waals surface area contributed by atoms with Crippen molar-refractivity contribution in [3.63, 3.8) is 0 Å². The van der Waals surface area contributed by atoms with Gasteiger partial charge in [-0.05, 0) is 111 Å². The summed E-state index contributed by atoms with van der Waals surface area (Å²) < 4.78 is 0. The average Bonchev–Trinajstić information content (AvgIpc) is 3.30. The minimum atomic E-state index is 0.767. The molecule has 0 fully saturated rings. The van der Waals surface area contributed by atoms with E-state index in [1.165, 1.54) is 38.1 Å². The third-order valence-corrected chi connectivity index (χ3v) is 11.2. The van der Waals surface area contributed by atoms with Crippen molar-refractivity contribution in [2.24, 2.45) is 0 Å². The Kier molecular flexibility index (Phi) is 8.11. The summed E-state index contributed by atoms with van der Waals surface area (Å²) in [6.45, 7) is 0. The second-order valence-corrected chi connectivity index (χ2v) is 14.7. The van der Waals surface area contributed by atoms with Gasteiger partial charge >= 0.3 is 0 Å². The van der Waals surface area contributed by atoms with Crippen molar-refractivity contribution in [2.75, 3.05) is 9.80 Å². The van der Waals surface area contributed by atoms with E-state index in [1.54, 1.807) is 0 Å². The lowest BCUT2D eigenvalue weighted by atomic mass is 9.91. The first-order chi connectivity index (χ1) is 28.8. The standard InChI is InChI=1S/C54H36N4/c1-5-15-37(16-6-1)41-33-42(38-17-7-2-8-18-38)35-45(34-41)57(43-19-9-3-10-20-43)50-31-27-39-26-30-47-51(32-28-40-25-29-46(50)53(39)54(40)47)58(44-21-11-4-12-22-44)52-36-55-48-23-13-14-24-49(48)56-52/h1-36H. The zero-order chi connectivity index (χ0) is 38.4. The molecule has 0 aliphatic rings. The van der Waals surface area contributed by atoms with Crippen LogP contribution in [0.25, 0.3) is 65.6 Å². The predicted octanol–water partition coefficient (Wildman–Crippen LogP) is 14.8. The Labute approximate surface area is 336 Å². The molecule has 0 N–H and O–H groups in total. The van der Waals surface area contributed by atoms with Gasteiger partial charge in [-0.2, -0.15) is 0 Å². The van der Waals surface area contributed by atoms with E-state index in [9.17, 15) is 0 Å². The van der Waals surface area contributed by atoms with Gasteiger partial charge < -0.3 is 4.90 Å². The van der Waals surface area contributed by atoms with Crippen molar-refractivity contribution in [3.05, 3.63) is 219 Å². The van der Waals surface area contributed by atoms with Crippen LogP contribution < -0.4 is 9.80 Å². The normalized spacial score (nSPS) is 11.4. The molecule has 0 saturated carbocycles. The van der Waals surface area contributed by atoms with Gasteiger partial charge in [0.05, 0.1) is 28.6 Å². The summed E-state index contributed by atoms with van der Waals surface area (Å²) in [6.07, 6.45) is 1.89. The number of hydrogen-bond acceptors (Lipinski definition) is 4. The smallest absolute Gasteiger partial charge is 0.156 e. The fourth-order valence-corrected chi connectivity index (χ4v) is 8.53. The number of hydrogen-bond donors (Lipinski definition) is 0. The minimum absolute atomic E-state index is 0.767. The van der Waals surface area contributed by atoms with Gasteiger partial charge in [-0.15, -0.1) is 0 Å². The van der Waals surface area contributed by atoms with Crippen LogP contribution in [0.1, 0.15) is 0 Å². The Morgan fingerprint density at radius 1 is 0.328 bits per heavy atom. The average molecular weight is 741 g/mol. The fourth-order valence-electron chi connectivity index (χ4n) is 8.53. The van der Waals surface area contributed by atoms with E-state index in [1.807, 2.05) is 30.5 Å². The van der Waals surface area contributed by atoms with E-state index in [0.29, 0.717) is 0 Å². The van der Waals surface area contributed by atoms with Crippen molar-refractivity contribution in [1.82, 2.24) is 9.97 Å². The molecule has 0 atom stereocenters. The topological polar surface area (TPSA) is 32.3 Å². The highest BCUT2D eigenvalue weighted by Crippen LogP contribution is 2.48. The number of aromatic nitrogens is 2. The Morgan fingerprint density at radius 2 is 0.776 bits per heavy atom. The van der Waals surface area contributed by atoms with E-state index in [4.69, 9.17) is 9.97 Å². The number of anilines is 6.